The van der Waals surface area contributed by atoms with E-state index in [4.69, 9.17) is 0 Å². The molecule has 1 nitrogen and oxygen atoms in total. The molecule has 0 spiro atoms. The third-order valence-electron chi connectivity index (χ3n) is 1.90. The third kappa shape index (κ3) is 4.38. The highest BCUT2D eigenvalue weighted by molar-refractivity contribution is 9.10. The van der Waals surface area contributed by atoms with Crippen LogP contribution in [0.15, 0.2) is 22.7 Å². The van der Waals surface area contributed by atoms with E-state index in [1.807, 2.05) is 11.8 Å². The van der Waals surface area contributed by atoms with Gasteiger partial charge in [-0.2, -0.15) is 11.8 Å². The zero-order valence-electron chi connectivity index (χ0n) is 8.64. The van der Waals surface area contributed by atoms with E-state index in [9.17, 15) is 0 Å². The number of thioether (sulfide) groups is 1. The molecule has 1 rings (SSSR count). The highest BCUT2D eigenvalue weighted by Crippen LogP contribution is 2.18. The molecule has 0 bridgehead atoms. The topological polar surface area (TPSA) is 12.0 Å². The van der Waals surface area contributed by atoms with Gasteiger partial charge >= 0.3 is 0 Å². The number of benzene rings is 1. The second kappa shape index (κ2) is 6.36. The minimum absolute atomic E-state index is 1.05. The fourth-order valence-corrected chi connectivity index (χ4v) is 2.33. The molecule has 0 unspecified atom stereocenters. The van der Waals surface area contributed by atoms with E-state index in [1.165, 1.54) is 23.4 Å². The van der Waals surface area contributed by atoms with E-state index >= 15 is 0 Å². The van der Waals surface area contributed by atoms with E-state index in [2.05, 4.69) is 52.6 Å². The predicted molar refractivity (Wildman–Crippen MR) is 70.4 cm³/mol. The number of aryl methyl sites for hydroxylation is 1. The molecule has 0 aromatic heterocycles. The summed E-state index contributed by atoms with van der Waals surface area (Å²) in [6, 6.07) is 6.41. The lowest BCUT2D eigenvalue weighted by Gasteiger charge is -2.07. The van der Waals surface area contributed by atoms with Gasteiger partial charge in [0.2, 0.25) is 0 Å². The molecule has 0 radical (unpaired) electrons. The number of hydrogen-bond donors (Lipinski definition) is 1. The van der Waals surface area contributed by atoms with Crippen LogP contribution in [-0.2, 0) is 0 Å². The zero-order chi connectivity index (χ0) is 10.4. The Balaban J connectivity index is 2.42. The smallest absolute Gasteiger partial charge is 0.0354 e. The van der Waals surface area contributed by atoms with Crippen molar-refractivity contribution >= 4 is 33.4 Å². The van der Waals surface area contributed by atoms with Crippen LogP contribution < -0.4 is 5.32 Å². The molecule has 78 valence electrons. The van der Waals surface area contributed by atoms with Gasteiger partial charge in [-0.1, -0.05) is 15.9 Å². The number of hydrogen-bond acceptors (Lipinski definition) is 2. The SMILES string of the molecule is CSCCCNc1cc(C)cc(Br)c1. The van der Waals surface area contributed by atoms with Crippen LogP contribution in [0.5, 0.6) is 0 Å². The predicted octanol–water partition coefficient (Wildman–Crippen LogP) is 3.92. The van der Waals surface area contributed by atoms with E-state index < -0.39 is 0 Å². The summed E-state index contributed by atoms with van der Waals surface area (Å²) in [5.41, 5.74) is 2.49. The molecule has 0 saturated carbocycles. The fourth-order valence-electron chi connectivity index (χ4n) is 1.29. The molecular formula is C11H16BrNS. The van der Waals surface area contributed by atoms with Gasteiger partial charge in [-0.3, -0.25) is 0 Å². The van der Waals surface area contributed by atoms with Crippen molar-refractivity contribution in [3.05, 3.63) is 28.2 Å². The van der Waals surface area contributed by atoms with E-state index in [1.54, 1.807) is 0 Å². The molecule has 1 aromatic rings. The minimum Gasteiger partial charge on any atom is -0.385 e. The number of anilines is 1. The maximum absolute atomic E-state index is 3.49. The molecule has 0 fully saturated rings. The molecule has 0 atom stereocenters. The second-order valence-electron chi connectivity index (χ2n) is 3.29. The van der Waals surface area contributed by atoms with Crippen LogP contribution in [0.1, 0.15) is 12.0 Å². The summed E-state index contributed by atoms with van der Waals surface area (Å²) >= 11 is 5.39. The van der Waals surface area contributed by atoms with Crippen molar-refractivity contribution in [2.75, 3.05) is 23.9 Å². The summed E-state index contributed by atoms with van der Waals surface area (Å²) in [4.78, 5) is 0. The van der Waals surface area contributed by atoms with Gasteiger partial charge in [0.05, 0.1) is 0 Å². The fraction of sp³-hybridized carbons (Fsp3) is 0.455. The van der Waals surface area contributed by atoms with Gasteiger partial charge in [0, 0.05) is 16.7 Å². The third-order valence-corrected chi connectivity index (χ3v) is 3.05. The molecule has 0 heterocycles. The maximum Gasteiger partial charge on any atom is 0.0354 e. The molecule has 0 amide bonds. The van der Waals surface area contributed by atoms with Crippen molar-refractivity contribution in [3.63, 3.8) is 0 Å². The molecule has 0 aliphatic rings. The van der Waals surface area contributed by atoms with Crippen LogP contribution in [0.2, 0.25) is 0 Å². The summed E-state index contributed by atoms with van der Waals surface area (Å²) in [5, 5.41) is 3.42. The molecule has 0 aliphatic carbocycles. The average molecular weight is 274 g/mol. The highest BCUT2D eigenvalue weighted by atomic mass is 79.9. The van der Waals surface area contributed by atoms with Crippen LogP contribution in [-0.4, -0.2) is 18.6 Å². The molecule has 14 heavy (non-hydrogen) atoms. The van der Waals surface area contributed by atoms with Crippen molar-refractivity contribution in [1.82, 2.24) is 0 Å². The molecule has 0 aliphatic heterocycles. The summed E-state index contributed by atoms with van der Waals surface area (Å²) in [6.07, 6.45) is 3.36. The van der Waals surface area contributed by atoms with Crippen LogP contribution in [0.4, 0.5) is 5.69 Å². The number of rotatable bonds is 5. The van der Waals surface area contributed by atoms with Crippen molar-refractivity contribution in [2.24, 2.45) is 0 Å². The molecule has 1 aromatic carbocycles. The van der Waals surface area contributed by atoms with Crippen molar-refractivity contribution in [2.45, 2.75) is 13.3 Å². The monoisotopic (exact) mass is 273 g/mol. The Hall–Kier alpha value is -0.150. The summed E-state index contributed by atoms with van der Waals surface area (Å²) in [6.45, 7) is 3.16. The normalized spacial score (nSPS) is 10.2. The Kier molecular flexibility index (Phi) is 5.41. The molecular weight excluding hydrogens is 258 g/mol. The lowest BCUT2D eigenvalue weighted by molar-refractivity contribution is 0.992. The van der Waals surface area contributed by atoms with E-state index in [0.29, 0.717) is 0 Å². The van der Waals surface area contributed by atoms with Gasteiger partial charge in [-0.05, 0) is 49.1 Å². The first-order chi connectivity index (χ1) is 6.72. The van der Waals surface area contributed by atoms with Gasteiger partial charge in [0.15, 0.2) is 0 Å². The van der Waals surface area contributed by atoms with Gasteiger partial charge in [0.1, 0.15) is 0 Å². The molecule has 3 heteroatoms. The lowest BCUT2D eigenvalue weighted by atomic mass is 10.2. The molecule has 0 saturated heterocycles. The zero-order valence-corrected chi connectivity index (χ0v) is 11.0. The first-order valence-corrected chi connectivity index (χ1v) is 6.91. The van der Waals surface area contributed by atoms with Gasteiger partial charge in [-0.15, -0.1) is 0 Å². The Morgan fingerprint density at radius 2 is 2.14 bits per heavy atom. The van der Waals surface area contributed by atoms with Crippen LogP contribution >= 0.6 is 27.7 Å². The second-order valence-corrected chi connectivity index (χ2v) is 5.19. The van der Waals surface area contributed by atoms with Gasteiger partial charge < -0.3 is 5.32 Å². The van der Waals surface area contributed by atoms with E-state index in [0.717, 1.165) is 11.0 Å². The first kappa shape index (κ1) is 11.9. The standard InChI is InChI=1S/C11H16BrNS/c1-9-6-10(12)8-11(7-9)13-4-3-5-14-2/h6-8,13H,3-5H2,1-2H3. The summed E-state index contributed by atoms with van der Waals surface area (Å²) in [7, 11) is 0. The highest BCUT2D eigenvalue weighted by Gasteiger charge is 1.95. The van der Waals surface area contributed by atoms with Crippen molar-refractivity contribution < 1.29 is 0 Å². The Morgan fingerprint density at radius 3 is 2.79 bits per heavy atom. The van der Waals surface area contributed by atoms with Crippen molar-refractivity contribution in [3.8, 4) is 0 Å². The molecule has 1 N–H and O–H groups in total. The number of halogens is 1. The van der Waals surface area contributed by atoms with Crippen LogP contribution in [0, 0.1) is 6.92 Å². The van der Waals surface area contributed by atoms with Crippen LogP contribution in [0.25, 0.3) is 0 Å². The first-order valence-electron chi connectivity index (χ1n) is 4.72. The number of nitrogens with one attached hydrogen (secondary N) is 1. The lowest BCUT2D eigenvalue weighted by Crippen LogP contribution is -2.02. The Morgan fingerprint density at radius 1 is 1.36 bits per heavy atom. The quantitative estimate of drug-likeness (QED) is 0.817. The summed E-state index contributed by atoms with van der Waals surface area (Å²) < 4.78 is 1.14. The Bertz CT molecular complexity index is 268. The van der Waals surface area contributed by atoms with Crippen molar-refractivity contribution in [1.29, 1.82) is 0 Å². The van der Waals surface area contributed by atoms with E-state index in [-0.39, 0.29) is 0 Å². The average Bonchev–Trinajstić information content (AvgIpc) is 2.11. The van der Waals surface area contributed by atoms with Crippen LogP contribution in [0.3, 0.4) is 0 Å². The minimum atomic E-state index is 1.05. The van der Waals surface area contributed by atoms with Gasteiger partial charge in [-0.25, -0.2) is 0 Å². The Labute approximate surface area is 98.8 Å². The maximum atomic E-state index is 3.49. The summed E-state index contributed by atoms with van der Waals surface area (Å²) in [5.74, 6) is 1.22. The van der Waals surface area contributed by atoms with Gasteiger partial charge in [0.25, 0.3) is 0 Å². The largest absolute Gasteiger partial charge is 0.385 e.